The van der Waals surface area contributed by atoms with E-state index in [-0.39, 0.29) is 18.8 Å². The Bertz CT molecular complexity index is 163. The van der Waals surface area contributed by atoms with E-state index in [2.05, 4.69) is 6.92 Å². The minimum absolute atomic E-state index is 0.0509. The van der Waals surface area contributed by atoms with Crippen LogP contribution in [0.5, 0.6) is 0 Å². The molecule has 0 saturated carbocycles. The van der Waals surface area contributed by atoms with Crippen LogP contribution in [0.4, 0.5) is 0 Å². The highest BCUT2D eigenvalue weighted by molar-refractivity contribution is 4.71. The smallest absolute Gasteiger partial charge is 0.155 e. The Hall–Kier alpha value is -0.160. The van der Waals surface area contributed by atoms with Gasteiger partial charge in [0, 0.05) is 19.4 Å². The molecule has 1 rings (SSSR count). The van der Waals surface area contributed by atoms with Crippen molar-refractivity contribution >= 4 is 0 Å². The molecule has 0 radical (unpaired) electrons. The first-order valence-electron chi connectivity index (χ1n) is 5.82. The van der Waals surface area contributed by atoms with Gasteiger partial charge >= 0.3 is 0 Å². The van der Waals surface area contributed by atoms with Crippen LogP contribution in [0.3, 0.4) is 0 Å². The van der Waals surface area contributed by atoms with Gasteiger partial charge in [0.2, 0.25) is 0 Å². The highest BCUT2D eigenvalue weighted by Crippen LogP contribution is 2.20. The molecule has 0 bridgehead atoms. The number of hydrogen-bond acceptors (Lipinski definition) is 4. The number of rotatable bonds is 5. The molecule has 0 amide bonds. The normalized spacial score (nSPS) is 32.6. The van der Waals surface area contributed by atoms with E-state index in [1.807, 2.05) is 0 Å². The van der Waals surface area contributed by atoms with Crippen LogP contribution in [0.1, 0.15) is 39.0 Å². The van der Waals surface area contributed by atoms with Gasteiger partial charge in [0.25, 0.3) is 0 Å². The lowest BCUT2D eigenvalue weighted by atomic mass is 10.1. The van der Waals surface area contributed by atoms with Gasteiger partial charge in [-0.3, -0.25) is 0 Å². The Morgan fingerprint density at radius 3 is 2.87 bits per heavy atom. The molecule has 1 heterocycles. The zero-order chi connectivity index (χ0) is 11.1. The summed E-state index contributed by atoms with van der Waals surface area (Å²) in [6, 6.07) is 0. The van der Waals surface area contributed by atoms with Crippen molar-refractivity contribution in [2.45, 2.75) is 57.5 Å². The highest BCUT2D eigenvalue weighted by atomic mass is 16.6. The zero-order valence-corrected chi connectivity index (χ0v) is 9.39. The summed E-state index contributed by atoms with van der Waals surface area (Å²) in [5, 5.41) is 18.4. The summed E-state index contributed by atoms with van der Waals surface area (Å²) in [5.41, 5.74) is 0. The second-order valence-corrected chi connectivity index (χ2v) is 4.05. The van der Waals surface area contributed by atoms with Gasteiger partial charge in [-0.15, -0.1) is 0 Å². The third-order valence-corrected chi connectivity index (χ3v) is 2.67. The molecule has 1 fully saturated rings. The van der Waals surface area contributed by atoms with Crippen molar-refractivity contribution in [1.29, 1.82) is 0 Å². The van der Waals surface area contributed by atoms with E-state index in [1.165, 1.54) is 0 Å². The Morgan fingerprint density at radius 1 is 1.40 bits per heavy atom. The number of aliphatic hydroxyl groups excluding tert-OH is 2. The maximum atomic E-state index is 9.39. The van der Waals surface area contributed by atoms with E-state index in [0.717, 1.165) is 25.9 Å². The first kappa shape index (κ1) is 12.9. The van der Waals surface area contributed by atoms with E-state index < -0.39 is 6.29 Å². The number of ether oxygens (including phenoxy) is 2. The molecule has 4 heteroatoms. The third kappa shape index (κ3) is 4.93. The summed E-state index contributed by atoms with van der Waals surface area (Å²) in [6.07, 6.45) is 3.34. The van der Waals surface area contributed by atoms with Crippen LogP contribution in [-0.2, 0) is 9.47 Å². The molecule has 0 spiro atoms. The van der Waals surface area contributed by atoms with E-state index in [4.69, 9.17) is 14.6 Å². The molecule has 0 aliphatic carbocycles. The molecule has 0 aromatic carbocycles. The van der Waals surface area contributed by atoms with Crippen LogP contribution in [0.15, 0.2) is 0 Å². The standard InChI is InChI=1S/C11H22O4/c1-2-3-6-14-9-4-5-11(13)15-10(7-9)8-12/h9-13H,2-8H2,1H3/t9-,10+,11?/m1/s1. The van der Waals surface area contributed by atoms with Gasteiger partial charge in [-0.05, 0) is 12.8 Å². The lowest BCUT2D eigenvalue weighted by molar-refractivity contribution is -0.144. The van der Waals surface area contributed by atoms with Gasteiger partial charge in [-0.1, -0.05) is 13.3 Å². The minimum atomic E-state index is -0.748. The van der Waals surface area contributed by atoms with E-state index in [1.54, 1.807) is 0 Å². The van der Waals surface area contributed by atoms with Crippen molar-refractivity contribution < 1.29 is 19.7 Å². The molecule has 0 aromatic rings. The first-order valence-corrected chi connectivity index (χ1v) is 5.82. The molecular weight excluding hydrogens is 196 g/mol. The summed E-state index contributed by atoms with van der Waals surface area (Å²) in [4.78, 5) is 0. The fraction of sp³-hybridized carbons (Fsp3) is 1.00. The van der Waals surface area contributed by atoms with Crippen molar-refractivity contribution in [2.75, 3.05) is 13.2 Å². The quantitative estimate of drug-likeness (QED) is 0.677. The predicted octanol–water partition coefficient (Wildman–Crippen LogP) is 1.05. The second kappa shape index (κ2) is 7.17. The second-order valence-electron chi connectivity index (χ2n) is 4.05. The van der Waals surface area contributed by atoms with Crippen molar-refractivity contribution in [3.63, 3.8) is 0 Å². The number of aliphatic hydroxyl groups is 2. The Balaban J connectivity index is 2.30. The molecule has 2 N–H and O–H groups in total. The maximum Gasteiger partial charge on any atom is 0.155 e. The molecule has 3 atom stereocenters. The van der Waals surface area contributed by atoms with Crippen molar-refractivity contribution in [1.82, 2.24) is 0 Å². The van der Waals surface area contributed by atoms with Crippen LogP contribution in [0.2, 0.25) is 0 Å². The van der Waals surface area contributed by atoms with Crippen LogP contribution < -0.4 is 0 Å². The zero-order valence-electron chi connectivity index (χ0n) is 9.39. The summed E-state index contributed by atoms with van der Waals surface area (Å²) in [5.74, 6) is 0. The molecule has 4 nitrogen and oxygen atoms in total. The third-order valence-electron chi connectivity index (χ3n) is 2.67. The van der Waals surface area contributed by atoms with E-state index in [9.17, 15) is 5.11 Å². The van der Waals surface area contributed by atoms with Gasteiger partial charge in [0.05, 0.1) is 18.8 Å². The highest BCUT2D eigenvalue weighted by Gasteiger charge is 2.24. The van der Waals surface area contributed by atoms with Crippen LogP contribution in [0, 0.1) is 0 Å². The van der Waals surface area contributed by atoms with Crippen molar-refractivity contribution in [3.05, 3.63) is 0 Å². The van der Waals surface area contributed by atoms with E-state index >= 15 is 0 Å². The van der Waals surface area contributed by atoms with Gasteiger partial charge in [-0.25, -0.2) is 0 Å². The fourth-order valence-electron chi connectivity index (χ4n) is 1.75. The molecule has 1 saturated heterocycles. The number of unbranched alkanes of at least 4 members (excludes halogenated alkanes) is 1. The molecule has 1 unspecified atom stereocenters. The summed E-state index contributed by atoms with van der Waals surface area (Å²) in [6.45, 7) is 2.83. The maximum absolute atomic E-state index is 9.39. The lowest BCUT2D eigenvalue weighted by Gasteiger charge is -2.18. The Kier molecular flexibility index (Phi) is 6.17. The van der Waals surface area contributed by atoms with Crippen LogP contribution in [-0.4, -0.2) is 41.9 Å². The Morgan fingerprint density at radius 2 is 2.20 bits per heavy atom. The molecule has 15 heavy (non-hydrogen) atoms. The van der Waals surface area contributed by atoms with Crippen LogP contribution >= 0.6 is 0 Å². The average molecular weight is 218 g/mol. The minimum Gasteiger partial charge on any atom is -0.394 e. The van der Waals surface area contributed by atoms with Gasteiger partial charge in [-0.2, -0.15) is 0 Å². The van der Waals surface area contributed by atoms with Crippen molar-refractivity contribution in [2.24, 2.45) is 0 Å². The average Bonchev–Trinajstić information content (AvgIpc) is 2.41. The van der Waals surface area contributed by atoms with Crippen LogP contribution in [0.25, 0.3) is 0 Å². The SMILES string of the molecule is CCCCO[C@@H]1CCC(O)O[C@H](CO)C1. The number of hydrogen-bond donors (Lipinski definition) is 2. The summed E-state index contributed by atoms with van der Waals surface area (Å²) >= 11 is 0. The molecule has 1 aliphatic heterocycles. The predicted molar refractivity (Wildman–Crippen MR) is 56.5 cm³/mol. The van der Waals surface area contributed by atoms with Gasteiger partial charge < -0.3 is 19.7 Å². The molecular formula is C11H22O4. The van der Waals surface area contributed by atoms with E-state index in [0.29, 0.717) is 12.8 Å². The monoisotopic (exact) mass is 218 g/mol. The lowest BCUT2D eigenvalue weighted by Crippen LogP contribution is -2.25. The first-order chi connectivity index (χ1) is 7.26. The van der Waals surface area contributed by atoms with Crippen molar-refractivity contribution in [3.8, 4) is 0 Å². The fourth-order valence-corrected chi connectivity index (χ4v) is 1.75. The van der Waals surface area contributed by atoms with Gasteiger partial charge in [0.1, 0.15) is 0 Å². The molecule has 90 valence electrons. The molecule has 1 aliphatic rings. The Labute approximate surface area is 91.2 Å². The summed E-state index contributed by atoms with van der Waals surface area (Å²) < 4.78 is 10.9. The molecule has 0 aromatic heterocycles. The summed E-state index contributed by atoms with van der Waals surface area (Å²) in [7, 11) is 0. The largest absolute Gasteiger partial charge is 0.394 e. The van der Waals surface area contributed by atoms with Gasteiger partial charge in [0.15, 0.2) is 6.29 Å². The topological polar surface area (TPSA) is 58.9 Å².